The lowest BCUT2D eigenvalue weighted by Gasteiger charge is -2.36. The molecule has 148 valence electrons. The summed E-state index contributed by atoms with van der Waals surface area (Å²) in [6.07, 6.45) is 0. The molecule has 0 atom stereocenters. The molecular weight excluding hydrogens is 376 g/mol. The van der Waals surface area contributed by atoms with E-state index in [0.717, 1.165) is 50.9 Å². The maximum absolute atomic E-state index is 12.6. The van der Waals surface area contributed by atoms with Crippen LogP contribution in [0.3, 0.4) is 0 Å². The van der Waals surface area contributed by atoms with Gasteiger partial charge in [-0.25, -0.2) is 0 Å². The van der Waals surface area contributed by atoms with Gasteiger partial charge in [0.2, 0.25) is 0 Å². The molecule has 2 aliphatic rings. The van der Waals surface area contributed by atoms with E-state index in [0.29, 0.717) is 23.7 Å². The number of nitrogens with zero attached hydrogens (tertiary/aromatic N) is 6. The van der Waals surface area contributed by atoms with Crippen LogP contribution >= 0.6 is 11.6 Å². The van der Waals surface area contributed by atoms with E-state index in [1.807, 2.05) is 23.1 Å². The predicted molar refractivity (Wildman–Crippen MR) is 111 cm³/mol. The summed E-state index contributed by atoms with van der Waals surface area (Å²) in [7, 11) is 2.14. The van der Waals surface area contributed by atoms with Gasteiger partial charge in [-0.1, -0.05) is 17.7 Å². The summed E-state index contributed by atoms with van der Waals surface area (Å²) in [5, 5.41) is 9.45. The Morgan fingerprint density at radius 2 is 1.43 bits per heavy atom. The first-order valence-corrected chi connectivity index (χ1v) is 10.0. The maximum atomic E-state index is 12.6. The van der Waals surface area contributed by atoms with Crippen molar-refractivity contribution in [2.45, 2.75) is 0 Å². The fourth-order valence-corrected chi connectivity index (χ4v) is 3.82. The van der Waals surface area contributed by atoms with Crippen molar-refractivity contribution in [2.75, 3.05) is 69.2 Å². The molecule has 8 heteroatoms. The van der Waals surface area contributed by atoms with E-state index >= 15 is 0 Å². The van der Waals surface area contributed by atoms with E-state index in [-0.39, 0.29) is 5.91 Å². The molecule has 2 aromatic rings. The minimum absolute atomic E-state index is 0.0265. The fourth-order valence-electron chi connectivity index (χ4n) is 3.63. The molecule has 0 saturated carbocycles. The fraction of sp³-hybridized carbons (Fsp3) is 0.450. The van der Waals surface area contributed by atoms with Crippen LogP contribution in [-0.2, 0) is 0 Å². The molecule has 0 aliphatic carbocycles. The molecule has 0 bridgehead atoms. The van der Waals surface area contributed by atoms with Crippen molar-refractivity contribution in [2.24, 2.45) is 0 Å². The van der Waals surface area contributed by atoms with E-state index in [9.17, 15) is 4.79 Å². The van der Waals surface area contributed by atoms with Gasteiger partial charge in [0.05, 0.1) is 0 Å². The second kappa shape index (κ2) is 8.32. The number of rotatable bonds is 3. The van der Waals surface area contributed by atoms with Crippen LogP contribution in [0, 0.1) is 0 Å². The van der Waals surface area contributed by atoms with Crippen LogP contribution in [0.1, 0.15) is 10.4 Å². The molecule has 2 fully saturated rings. The normalized spacial score (nSPS) is 18.4. The van der Waals surface area contributed by atoms with Crippen LogP contribution in [0.4, 0.5) is 11.6 Å². The van der Waals surface area contributed by atoms with Gasteiger partial charge in [0.25, 0.3) is 5.91 Å². The number of piperazine rings is 2. The monoisotopic (exact) mass is 400 g/mol. The Morgan fingerprint density at radius 1 is 0.857 bits per heavy atom. The molecule has 28 heavy (non-hydrogen) atoms. The van der Waals surface area contributed by atoms with Gasteiger partial charge >= 0.3 is 0 Å². The third kappa shape index (κ3) is 4.20. The van der Waals surface area contributed by atoms with Gasteiger partial charge in [0, 0.05) is 62.9 Å². The van der Waals surface area contributed by atoms with Crippen LogP contribution in [0.15, 0.2) is 36.4 Å². The summed E-state index contributed by atoms with van der Waals surface area (Å²) in [4.78, 5) is 21.3. The van der Waals surface area contributed by atoms with Crippen molar-refractivity contribution in [3.05, 3.63) is 47.0 Å². The van der Waals surface area contributed by atoms with Gasteiger partial charge in [-0.2, -0.15) is 0 Å². The van der Waals surface area contributed by atoms with E-state index < -0.39 is 0 Å². The van der Waals surface area contributed by atoms with E-state index in [1.165, 1.54) is 0 Å². The first kappa shape index (κ1) is 19.0. The van der Waals surface area contributed by atoms with Crippen molar-refractivity contribution in [3.63, 3.8) is 0 Å². The topological polar surface area (TPSA) is 55.8 Å². The average molecular weight is 401 g/mol. The molecule has 3 heterocycles. The van der Waals surface area contributed by atoms with E-state index in [4.69, 9.17) is 11.6 Å². The minimum atomic E-state index is 0.0265. The number of likely N-dealkylation sites (N-methyl/N-ethyl adjacent to an activating group) is 1. The molecule has 2 aliphatic heterocycles. The lowest BCUT2D eigenvalue weighted by molar-refractivity contribution is 0.0746. The lowest BCUT2D eigenvalue weighted by atomic mass is 10.2. The third-order valence-corrected chi connectivity index (χ3v) is 5.66. The van der Waals surface area contributed by atoms with Crippen molar-refractivity contribution in [3.8, 4) is 0 Å². The van der Waals surface area contributed by atoms with Crippen LogP contribution in [0.2, 0.25) is 5.02 Å². The largest absolute Gasteiger partial charge is 0.353 e. The number of hydrogen-bond acceptors (Lipinski definition) is 6. The van der Waals surface area contributed by atoms with Crippen LogP contribution < -0.4 is 9.80 Å². The molecule has 7 nitrogen and oxygen atoms in total. The van der Waals surface area contributed by atoms with Gasteiger partial charge in [-0.05, 0) is 37.4 Å². The Morgan fingerprint density at radius 3 is 1.96 bits per heavy atom. The molecule has 0 unspecified atom stereocenters. The molecule has 1 amide bonds. The van der Waals surface area contributed by atoms with Crippen molar-refractivity contribution >= 4 is 29.1 Å². The molecule has 2 saturated heterocycles. The molecule has 1 aromatic heterocycles. The van der Waals surface area contributed by atoms with Crippen LogP contribution in [0.5, 0.6) is 0 Å². The highest BCUT2D eigenvalue weighted by atomic mass is 35.5. The Balaban J connectivity index is 1.34. The molecule has 0 radical (unpaired) electrons. The summed E-state index contributed by atoms with van der Waals surface area (Å²) in [5.41, 5.74) is 0.636. The molecule has 1 aromatic carbocycles. The molecule has 0 spiro atoms. The summed E-state index contributed by atoms with van der Waals surface area (Å²) in [6.45, 7) is 6.87. The predicted octanol–water partition coefficient (Wildman–Crippen LogP) is 1.84. The lowest BCUT2D eigenvalue weighted by Crippen LogP contribution is -2.49. The Bertz CT molecular complexity index is 814. The van der Waals surface area contributed by atoms with Gasteiger partial charge in [0.1, 0.15) is 0 Å². The Labute approximate surface area is 170 Å². The van der Waals surface area contributed by atoms with E-state index in [1.54, 1.807) is 12.1 Å². The summed E-state index contributed by atoms with van der Waals surface area (Å²) in [5.74, 6) is 1.83. The number of carbonyl (C=O) groups is 1. The third-order valence-electron chi connectivity index (χ3n) is 5.43. The highest BCUT2D eigenvalue weighted by Crippen LogP contribution is 2.19. The second-order valence-electron chi connectivity index (χ2n) is 7.33. The van der Waals surface area contributed by atoms with Gasteiger partial charge in [0.15, 0.2) is 11.6 Å². The smallest absolute Gasteiger partial charge is 0.254 e. The molecule has 0 N–H and O–H groups in total. The molecular formula is C20H25ClN6O. The zero-order chi connectivity index (χ0) is 19.5. The Hall–Kier alpha value is -2.38. The summed E-state index contributed by atoms with van der Waals surface area (Å²) < 4.78 is 0. The minimum Gasteiger partial charge on any atom is -0.353 e. The second-order valence-corrected chi connectivity index (χ2v) is 7.77. The van der Waals surface area contributed by atoms with Gasteiger partial charge in [-0.15, -0.1) is 10.2 Å². The summed E-state index contributed by atoms with van der Waals surface area (Å²) >= 11 is 6.01. The quantitative estimate of drug-likeness (QED) is 0.783. The van der Waals surface area contributed by atoms with Crippen LogP contribution in [0.25, 0.3) is 0 Å². The highest BCUT2D eigenvalue weighted by Gasteiger charge is 2.23. The number of carbonyl (C=O) groups excluding carboxylic acids is 1. The van der Waals surface area contributed by atoms with Crippen LogP contribution in [-0.4, -0.2) is 85.3 Å². The standard InChI is InChI=1S/C20H25ClN6O/c1-24-7-9-25(10-8-24)18-5-6-19(23-22-18)26-11-13-27(14-12-26)20(28)16-3-2-4-17(21)15-16/h2-6,15H,7-14H2,1H3. The van der Waals surface area contributed by atoms with Crippen molar-refractivity contribution < 1.29 is 4.79 Å². The van der Waals surface area contributed by atoms with E-state index in [2.05, 4.69) is 38.0 Å². The number of halogens is 1. The first-order valence-electron chi connectivity index (χ1n) is 9.67. The van der Waals surface area contributed by atoms with Crippen molar-refractivity contribution in [1.82, 2.24) is 20.0 Å². The average Bonchev–Trinajstić information content (AvgIpc) is 2.74. The van der Waals surface area contributed by atoms with Gasteiger partial charge in [-0.3, -0.25) is 4.79 Å². The maximum Gasteiger partial charge on any atom is 0.254 e. The zero-order valence-electron chi connectivity index (χ0n) is 16.1. The number of anilines is 2. The van der Waals surface area contributed by atoms with Crippen molar-refractivity contribution in [1.29, 1.82) is 0 Å². The number of amides is 1. The number of benzene rings is 1. The first-order chi connectivity index (χ1) is 13.6. The number of aromatic nitrogens is 2. The molecule has 4 rings (SSSR count). The zero-order valence-corrected chi connectivity index (χ0v) is 16.8. The highest BCUT2D eigenvalue weighted by molar-refractivity contribution is 6.30. The Kier molecular flexibility index (Phi) is 5.64. The van der Waals surface area contributed by atoms with Gasteiger partial charge < -0.3 is 19.6 Å². The summed E-state index contributed by atoms with van der Waals surface area (Å²) in [6, 6.07) is 11.2. The SMILES string of the molecule is CN1CCN(c2ccc(N3CCN(C(=O)c4cccc(Cl)c4)CC3)nn2)CC1. The number of hydrogen-bond donors (Lipinski definition) is 0.